The number of alkyl halides is 3. The summed E-state index contributed by atoms with van der Waals surface area (Å²) in [5, 5.41) is 2.71. The van der Waals surface area contributed by atoms with Gasteiger partial charge in [0.25, 0.3) is 0 Å². The molecule has 0 aromatic heterocycles. The molecule has 1 aliphatic carbocycles. The number of para-hydroxylation sites is 1. The maximum atomic E-state index is 12.9. The van der Waals surface area contributed by atoms with Crippen LogP contribution < -0.4 is 10.0 Å². The smallest absolute Gasteiger partial charge is 0.325 e. The van der Waals surface area contributed by atoms with Crippen LogP contribution in [0.3, 0.4) is 0 Å². The molecule has 1 amide bonds. The van der Waals surface area contributed by atoms with Crippen LogP contribution in [0.2, 0.25) is 0 Å². The highest BCUT2D eigenvalue weighted by Gasteiger charge is 2.31. The van der Waals surface area contributed by atoms with Crippen molar-refractivity contribution in [2.75, 3.05) is 18.9 Å². The quantitative estimate of drug-likeness (QED) is 0.584. The number of nitrogens with one attached hydrogen (secondary N) is 2. The molecule has 1 fully saturated rings. The maximum absolute atomic E-state index is 12.9. The fourth-order valence-corrected chi connectivity index (χ4v) is 5.01. The number of anilines is 1. The number of rotatable bonds is 8. The van der Waals surface area contributed by atoms with Crippen LogP contribution in [0, 0.1) is 0 Å². The zero-order chi connectivity index (χ0) is 24.1. The van der Waals surface area contributed by atoms with E-state index in [1.165, 1.54) is 19.3 Å². The molecule has 2 N–H and O–H groups in total. The zero-order valence-corrected chi connectivity index (χ0v) is 19.2. The van der Waals surface area contributed by atoms with Gasteiger partial charge in [0.2, 0.25) is 15.9 Å². The molecule has 0 saturated heterocycles. The van der Waals surface area contributed by atoms with Crippen LogP contribution in [0.5, 0.6) is 0 Å². The average molecular weight is 484 g/mol. The van der Waals surface area contributed by atoms with Gasteiger partial charge in [-0.1, -0.05) is 43.5 Å². The third kappa shape index (κ3) is 7.02. The Labute approximate surface area is 192 Å². The molecule has 0 heterocycles. The van der Waals surface area contributed by atoms with Gasteiger partial charge < -0.3 is 5.32 Å². The van der Waals surface area contributed by atoms with Gasteiger partial charge >= 0.3 is 6.18 Å². The summed E-state index contributed by atoms with van der Waals surface area (Å²) in [5.74, 6) is -0.613. The molecule has 0 bridgehead atoms. The number of nitrogens with zero attached hydrogens (tertiary/aromatic N) is 1. The molecule has 0 atom stereocenters. The first-order chi connectivity index (χ1) is 15.6. The zero-order valence-electron chi connectivity index (χ0n) is 18.4. The topological polar surface area (TPSA) is 78.5 Å². The van der Waals surface area contributed by atoms with Crippen LogP contribution in [-0.4, -0.2) is 38.9 Å². The molecule has 10 heteroatoms. The third-order valence-electron chi connectivity index (χ3n) is 5.80. The Kier molecular flexibility index (Phi) is 8.14. The summed E-state index contributed by atoms with van der Waals surface area (Å²) in [5.41, 5.74) is 0.397. The summed E-state index contributed by atoms with van der Waals surface area (Å²) in [6.07, 6.45) is 1.29. The first-order valence-corrected chi connectivity index (χ1v) is 12.3. The van der Waals surface area contributed by atoms with Crippen molar-refractivity contribution in [2.24, 2.45) is 0 Å². The Morgan fingerprint density at radius 2 is 1.76 bits per heavy atom. The number of carbonyl (C=O) groups excluding carboxylic acids is 1. The van der Waals surface area contributed by atoms with E-state index in [9.17, 15) is 26.4 Å². The standard InChI is InChI=1S/C23H28F3N3O3S/c1-29(19-10-3-2-4-11-19)16-17-8-5-6-13-21(17)28-22(30)15-27-33(31,32)20-12-7-9-18(14-20)23(24,25)26/h5-9,12-14,19,27H,2-4,10-11,15-16H2,1H3,(H,28,30). The lowest BCUT2D eigenvalue weighted by Gasteiger charge is -2.31. The fourth-order valence-electron chi connectivity index (χ4n) is 3.98. The van der Waals surface area contributed by atoms with E-state index in [1.807, 2.05) is 12.1 Å². The second-order valence-electron chi connectivity index (χ2n) is 8.26. The number of hydrogen-bond donors (Lipinski definition) is 2. The number of hydrogen-bond acceptors (Lipinski definition) is 4. The highest BCUT2D eigenvalue weighted by Crippen LogP contribution is 2.30. The van der Waals surface area contributed by atoms with Crippen molar-refractivity contribution in [2.45, 2.75) is 55.8 Å². The van der Waals surface area contributed by atoms with E-state index in [0.29, 0.717) is 24.3 Å². The largest absolute Gasteiger partial charge is 0.416 e. The Morgan fingerprint density at radius 3 is 2.45 bits per heavy atom. The first kappa shape index (κ1) is 25.2. The Hall–Kier alpha value is -2.43. The van der Waals surface area contributed by atoms with Gasteiger partial charge in [0.1, 0.15) is 0 Å². The van der Waals surface area contributed by atoms with Gasteiger partial charge in [-0.2, -0.15) is 13.2 Å². The first-order valence-electron chi connectivity index (χ1n) is 10.8. The van der Waals surface area contributed by atoms with Crippen molar-refractivity contribution < 1.29 is 26.4 Å². The summed E-state index contributed by atoms with van der Waals surface area (Å²) in [4.78, 5) is 14.1. The molecule has 0 spiro atoms. The Bertz CT molecular complexity index is 1070. The van der Waals surface area contributed by atoms with Crippen molar-refractivity contribution in [1.82, 2.24) is 9.62 Å². The maximum Gasteiger partial charge on any atom is 0.416 e. The van der Waals surface area contributed by atoms with Crippen molar-refractivity contribution in [3.05, 3.63) is 59.7 Å². The predicted molar refractivity (Wildman–Crippen MR) is 120 cm³/mol. The second-order valence-corrected chi connectivity index (χ2v) is 10.0. The van der Waals surface area contributed by atoms with Gasteiger partial charge in [-0.05, 0) is 49.7 Å². The predicted octanol–water partition coefficient (Wildman–Crippen LogP) is 4.39. The molecule has 6 nitrogen and oxygen atoms in total. The molecule has 1 aliphatic rings. The average Bonchev–Trinajstić information content (AvgIpc) is 2.79. The van der Waals surface area contributed by atoms with Gasteiger partial charge in [0, 0.05) is 18.3 Å². The highest BCUT2D eigenvalue weighted by molar-refractivity contribution is 7.89. The molecular weight excluding hydrogens is 455 g/mol. The molecule has 0 radical (unpaired) electrons. The van der Waals surface area contributed by atoms with Crippen LogP contribution in [0.1, 0.15) is 43.2 Å². The Morgan fingerprint density at radius 1 is 1.06 bits per heavy atom. The Balaban J connectivity index is 1.62. The van der Waals surface area contributed by atoms with E-state index >= 15 is 0 Å². The van der Waals surface area contributed by atoms with Gasteiger partial charge in [-0.25, -0.2) is 13.1 Å². The molecule has 1 saturated carbocycles. The SMILES string of the molecule is CN(Cc1ccccc1NC(=O)CNS(=O)(=O)c1cccc(C(F)(F)F)c1)C1CCCCC1. The van der Waals surface area contributed by atoms with E-state index in [1.54, 1.807) is 12.1 Å². The minimum Gasteiger partial charge on any atom is -0.325 e. The lowest BCUT2D eigenvalue weighted by Crippen LogP contribution is -2.34. The molecule has 0 unspecified atom stereocenters. The van der Waals surface area contributed by atoms with E-state index in [0.717, 1.165) is 36.6 Å². The van der Waals surface area contributed by atoms with Crippen molar-refractivity contribution in [3.63, 3.8) is 0 Å². The summed E-state index contributed by atoms with van der Waals surface area (Å²) in [6.45, 7) is 0.0302. The molecule has 3 rings (SSSR count). The molecule has 2 aromatic carbocycles. The normalized spacial score (nSPS) is 15.5. The lowest BCUT2D eigenvalue weighted by atomic mass is 9.94. The summed E-state index contributed by atoms with van der Waals surface area (Å²) >= 11 is 0. The number of benzene rings is 2. The molecular formula is C23H28F3N3O3S. The molecule has 2 aromatic rings. The molecule has 33 heavy (non-hydrogen) atoms. The number of amides is 1. The summed E-state index contributed by atoms with van der Waals surface area (Å²) < 4.78 is 65.5. The second kappa shape index (κ2) is 10.7. The van der Waals surface area contributed by atoms with Crippen LogP contribution in [-0.2, 0) is 27.5 Å². The number of halogens is 3. The van der Waals surface area contributed by atoms with E-state index < -0.39 is 39.1 Å². The van der Waals surface area contributed by atoms with E-state index in [2.05, 4.69) is 22.0 Å². The fraction of sp³-hybridized carbons (Fsp3) is 0.435. The van der Waals surface area contributed by atoms with E-state index in [4.69, 9.17) is 0 Å². The van der Waals surface area contributed by atoms with Gasteiger partial charge in [-0.15, -0.1) is 0 Å². The number of sulfonamides is 1. The van der Waals surface area contributed by atoms with Gasteiger partial charge in [-0.3, -0.25) is 9.69 Å². The third-order valence-corrected chi connectivity index (χ3v) is 7.20. The summed E-state index contributed by atoms with van der Waals surface area (Å²) in [7, 11) is -2.24. The minimum atomic E-state index is -4.67. The van der Waals surface area contributed by atoms with Gasteiger partial charge in [0.15, 0.2) is 0 Å². The summed E-state index contributed by atoms with van der Waals surface area (Å²) in [6, 6.07) is 11.2. The lowest BCUT2D eigenvalue weighted by molar-refractivity contribution is -0.137. The van der Waals surface area contributed by atoms with E-state index in [-0.39, 0.29) is 0 Å². The van der Waals surface area contributed by atoms with Crippen molar-refractivity contribution in [1.29, 1.82) is 0 Å². The highest BCUT2D eigenvalue weighted by atomic mass is 32.2. The van der Waals surface area contributed by atoms with Crippen molar-refractivity contribution >= 4 is 21.6 Å². The monoisotopic (exact) mass is 483 g/mol. The molecule has 0 aliphatic heterocycles. The van der Waals surface area contributed by atoms with Crippen LogP contribution in [0.25, 0.3) is 0 Å². The van der Waals surface area contributed by atoms with Crippen LogP contribution in [0.4, 0.5) is 18.9 Å². The molecule has 180 valence electrons. The van der Waals surface area contributed by atoms with Crippen LogP contribution in [0.15, 0.2) is 53.4 Å². The van der Waals surface area contributed by atoms with Crippen molar-refractivity contribution in [3.8, 4) is 0 Å². The number of carbonyl (C=O) groups is 1. The van der Waals surface area contributed by atoms with Crippen LogP contribution >= 0.6 is 0 Å². The minimum absolute atomic E-state index is 0.488. The van der Waals surface area contributed by atoms with Gasteiger partial charge in [0.05, 0.1) is 17.0 Å².